The van der Waals surface area contributed by atoms with E-state index in [0.717, 1.165) is 44.8 Å². The molecule has 2 fully saturated rings. The second-order valence-electron chi connectivity index (χ2n) is 12.5. The van der Waals surface area contributed by atoms with E-state index in [0.29, 0.717) is 0 Å². The topological polar surface area (TPSA) is 211 Å². The molecule has 0 bridgehead atoms. The van der Waals surface area contributed by atoms with Crippen LogP contribution in [0.3, 0.4) is 0 Å². The molecule has 0 aliphatic heterocycles. The van der Waals surface area contributed by atoms with E-state index in [-0.39, 0.29) is 11.1 Å². The van der Waals surface area contributed by atoms with Gasteiger partial charge in [-0.15, -0.1) is 0 Å². The molecule has 3 aliphatic rings. The zero-order chi connectivity index (χ0) is 33.4. The fourth-order valence-electron chi connectivity index (χ4n) is 7.24. The molecule has 0 unspecified atom stereocenters. The molecule has 0 heterocycles. The minimum absolute atomic E-state index is 0.112. The predicted molar refractivity (Wildman–Crippen MR) is 156 cm³/mol. The van der Waals surface area contributed by atoms with Gasteiger partial charge in [-0.3, -0.25) is 9.59 Å². The zero-order valence-electron chi connectivity index (χ0n) is 25.8. The molecule has 11 atom stereocenters. The fourth-order valence-corrected chi connectivity index (χ4v) is 7.24. The summed E-state index contributed by atoms with van der Waals surface area (Å²) < 4.78 is 11.2. The SMILES string of the molecule is C=C(C)[C@@]1(O)[C@H](OC(=O)/C=C/C=C/CCCCC)[C@@H]2[C@H](O)[C@@](O)(CO)[C@@H](O)[C@]3(O)C(=O)C(C)=C[C@H]3[C@@]2(O)[C@H](C)[C@H]1OC(C)=O. The number of aliphatic hydroxyl groups is 7. The van der Waals surface area contributed by atoms with E-state index in [4.69, 9.17) is 9.47 Å². The third kappa shape index (κ3) is 5.40. The highest BCUT2D eigenvalue weighted by molar-refractivity contribution is 6.05. The van der Waals surface area contributed by atoms with Crippen LogP contribution in [0.2, 0.25) is 0 Å². The van der Waals surface area contributed by atoms with Crippen LogP contribution in [0.25, 0.3) is 0 Å². The molecule has 3 aliphatic carbocycles. The maximum Gasteiger partial charge on any atom is 0.331 e. The van der Waals surface area contributed by atoms with Crippen LogP contribution in [0.4, 0.5) is 0 Å². The maximum atomic E-state index is 13.3. The summed E-state index contributed by atoms with van der Waals surface area (Å²) in [6, 6.07) is 0. The summed E-state index contributed by atoms with van der Waals surface area (Å²) in [4.78, 5) is 38.8. The molecule has 0 saturated heterocycles. The number of unbranched alkanes of at least 4 members (excludes halogenated alkanes) is 3. The number of carbonyl (C=O) groups is 3. The van der Waals surface area contributed by atoms with Crippen LogP contribution in [0.15, 0.2) is 48.1 Å². The second-order valence-corrected chi connectivity index (χ2v) is 12.5. The van der Waals surface area contributed by atoms with Crippen LogP contribution >= 0.6 is 0 Å². The molecule has 44 heavy (non-hydrogen) atoms. The lowest BCUT2D eigenvalue weighted by molar-refractivity contribution is -0.298. The number of esters is 2. The first kappa shape index (κ1) is 35.8. The molecule has 3 rings (SSSR count). The number of hydrogen-bond donors (Lipinski definition) is 7. The summed E-state index contributed by atoms with van der Waals surface area (Å²) in [7, 11) is 0. The lowest BCUT2D eigenvalue weighted by Gasteiger charge is -2.60. The Balaban J connectivity index is 2.28. The van der Waals surface area contributed by atoms with Gasteiger partial charge >= 0.3 is 11.9 Å². The number of hydrogen-bond acceptors (Lipinski definition) is 12. The van der Waals surface area contributed by atoms with E-state index in [1.54, 1.807) is 6.08 Å². The summed E-state index contributed by atoms with van der Waals surface area (Å²) in [6.07, 6.45) is 1.99. The highest BCUT2D eigenvalue weighted by Crippen LogP contribution is 2.60. The third-order valence-electron chi connectivity index (χ3n) is 9.69. The van der Waals surface area contributed by atoms with Crippen LogP contribution < -0.4 is 0 Å². The van der Waals surface area contributed by atoms with E-state index in [9.17, 15) is 50.1 Å². The van der Waals surface area contributed by atoms with Gasteiger partial charge in [-0.25, -0.2) is 4.79 Å². The highest BCUT2D eigenvalue weighted by Gasteiger charge is 2.79. The summed E-state index contributed by atoms with van der Waals surface area (Å²) in [5.74, 6) is -8.35. The van der Waals surface area contributed by atoms with Crippen LogP contribution in [0.1, 0.15) is 60.3 Å². The van der Waals surface area contributed by atoms with Crippen molar-refractivity contribution in [3.63, 3.8) is 0 Å². The first-order valence-corrected chi connectivity index (χ1v) is 14.9. The van der Waals surface area contributed by atoms with Crippen molar-refractivity contribution in [2.75, 3.05) is 6.61 Å². The molecule has 0 amide bonds. The monoisotopic (exact) mass is 622 g/mol. The highest BCUT2D eigenvalue weighted by atomic mass is 16.6. The normalized spacial score (nSPS) is 42.0. The van der Waals surface area contributed by atoms with Gasteiger partial charge in [0.2, 0.25) is 0 Å². The predicted octanol–water partition coefficient (Wildman–Crippen LogP) is 0.162. The molecule has 0 spiro atoms. The Morgan fingerprint density at radius 2 is 1.68 bits per heavy atom. The van der Waals surface area contributed by atoms with Crippen molar-refractivity contribution in [1.82, 2.24) is 0 Å². The number of Topliss-reactive ketones (excluding diaryl/α,β-unsaturated/α-hetero) is 1. The number of allylic oxidation sites excluding steroid dienone is 3. The standard InChI is InChI=1S/C32H46O12/c1-7-8-9-10-11-12-13-14-22(35)44-27-23-25(37)29(39,16-33)28(38)32(42)21(15-18(4)24(32)36)31(23,41)19(5)26(43-20(6)34)30(27,40)17(2)3/h11-15,19,21,23,25-28,33,37-42H,2,7-10,16H2,1,3-6H3/b12-11+,14-13+/t19-,21+,23+,25+,26-,27-,28-,29+,30+,31+,32-/m1/s1. The zero-order valence-corrected chi connectivity index (χ0v) is 25.8. The largest absolute Gasteiger partial charge is 0.459 e. The lowest BCUT2D eigenvalue weighted by Crippen LogP contribution is -2.77. The van der Waals surface area contributed by atoms with E-state index in [2.05, 4.69) is 13.5 Å². The molecule has 0 aromatic carbocycles. The van der Waals surface area contributed by atoms with Crippen molar-refractivity contribution < 1.29 is 59.6 Å². The molecule has 2 saturated carbocycles. The van der Waals surface area contributed by atoms with Gasteiger partial charge in [-0.2, -0.15) is 0 Å². The molecule has 246 valence electrons. The Morgan fingerprint density at radius 1 is 1.05 bits per heavy atom. The number of fused-ring (bicyclic) bond motifs is 3. The minimum Gasteiger partial charge on any atom is -0.459 e. The first-order chi connectivity index (χ1) is 20.4. The number of ketones is 1. The summed E-state index contributed by atoms with van der Waals surface area (Å²) in [5, 5.41) is 81.5. The summed E-state index contributed by atoms with van der Waals surface area (Å²) >= 11 is 0. The van der Waals surface area contributed by atoms with Crippen molar-refractivity contribution in [2.45, 2.75) is 107 Å². The van der Waals surface area contributed by atoms with E-state index < -0.39 is 88.9 Å². The van der Waals surface area contributed by atoms with Gasteiger partial charge in [0.15, 0.2) is 17.0 Å². The molecule has 7 N–H and O–H groups in total. The van der Waals surface area contributed by atoms with E-state index in [1.807, 2.05) is 6.08 Å². The second kappa shape index (κ2) is 13.0. The van der Waals surface area contributed by atoms with Crippen molar-refractivity contribution in [2.24, 2.45) is 17.8 Å². The summed E-state index contributed by atoms with van der Waals surface area (Å²) in [5.41, 5.74) is -11.5. The molecule has 12 heteroatoms. The van der Waals surface area contributed by atoms with Gasteiger partial charge in [-0.1, -0.05) is 57.6 Å². The third-order valence-corrected chi connectivity index (χ3v) is 9.69. The Bertz CT molecular complexity index is 1240. The van der Waals surface area contributed by atoms with Crippen molar-refractivity contribution in [3.8, 4) is 0 Å². The average molecular weight is 623 g/mol. The number of aliphatic hydroxyl groups excluding tert-OH is 3. The smallest absolute Gasteiger partial charge is 0.331 e. The number of rotatable bonds is 10. The molecule has 0 aromatic heterocycles. The van der Waals surface area contributed by atoms with Gasteiger partial charge in [0.1, 0.15) is 23.9 Å². The van der Waals surface area contributed by atoms with Gasteiger partial charge < -0.3 is 45.2 Å². The fraction of sp³-hybridized carbons (Fsp3) is 0.656. The van der Waals surface area contributed by atoms with Crippen LogP contribution in [-0.4, -0.2) is 107 Å². The van der Waals surface area contributed by atoms with Crippen LogP contribution in [0.5, 0.6) is 0 Å². The minimum atomic E-state index is -3.08. The average Bonchev–Trinajstić information content (AvgIpc) is 3.19. The molecule has 12 nitrogen and oxygen atoms in total. The van der Waals surface area contributed by atoms with Gasteiger partial charge in [0.25, 0.3) is 0 Å². The Morgan fingerprint density at radius 3 is 2.23 bits per heavy atom. The number of ether oxygens (including phenoxy) is 2. The van der Waals surface area contributed by atoms with E-state index in [1.165, 1.54) is 26.8 Å². The number of carbonyl (C=O) groups excluding carboxylic acids is 3. The van der Waals surface area contributed by atoms with Gasteiger partial charge in [0.05, 0.1) is 24.2 Å². The first-order valence-electron chi connectivity index (χ1n) is 14.9. The molecule has 0 aromatic rings. The molecular weight excluding hydrogens is 576 g/mol. The van der Waals surface area contributed by atoms with Crippen LogP contribution in [0, 0.1) is 17.8 Å². The summed E-state index contributed by atoms with van der Waals surface area (Å²) in [6.45, 7) is 9.42. The molecular formula is C32H46O12. The Hall–Kier alpha value is -2.71. The van der Waals surface area contributed by atoms with Gasteiger partial charge in [-0.05, 0) is 37.8 Å². The Kier molecular flexibility index (Phi) is 10.5. The quantitative estimate of drug-likeness (QED) is 0.0571. The van der Waals surface area contributed by atoms with Crippen molar-refractivity contribution in [3.05, 3.63) is 48.1 Å². The van der Waals surface area contributed by atoms with Gasteiger partial charge in [0, 0.05) is 24.8 Å². The maximum absolute atomic E-state index is 13.3. The van der Waals surface area contributed by atoms with Crippen molar-refractivity contribution >= 4 is 17.7 Å². The molecule has 0 radical (unpaired) electrons. The van der Waals surface area contributed by atoms with E-state index >= 15 is 0 Å². The lowest BCUT2D eigenvalue weighted by atomic mass is 9.52. The van der Waals surface area contributed by atoms with Crippen molar-refractivity contribution in [1.29, 1.82) is 0 Å². The Labute approximate surface area is 257 Å². The van der Waals surface area contributed by atoms with Crippen LogP contribution in [-0.2, 0) is 23.9 Å².